The van der Waals surface area contributed by atoms with E-state index in [1.165, 1.54) is 25.7 Å². The maximum atomic E-state index is 5.71. The van der Waals surface area contributed by atoms with E-state index in [1.54, 1.807) is 0 Å². The van der Waals surface area contributed by atoms with E-state index in [2.05, 4.69) is 29.8 Å². The summed E-state index contributed by atoms with van der Waals surface area (Å²) >= 11 is 3.61. The molecule has 0 unspecified atom stereocenters. The van der Waals surface area contributed by atoms with Gasteiger partial charge in [0.1, 0.15) is 0 Å². The number of ether oxygens (including phenoxy) is 2. The Labute approximate surface area is 102 Å². The Bertz CT molecular complexity index is 165. The molecule has 1 rings (SSSR count). The molecular formula is C12H23BrO2. The average molecular weight is 279 g/mol. The SMILES string of the molecule is CC(C)OCCOCC1(CBr)CCCC1. The topological polar surface area (TPSA) is 18.5 Å². The fourth-order valence-electron chi connectivity index (χ4n) is 2.07. The lowest BCUT2D eigenvalue weighted by molar-refractivity contribution is -0.00446. The smallest absolute Gasteiger partial charge is 0.0703 e. The van der Waals surface area contributed by atoms with Crippen molar-refractivity contribution in [2.24, 2.45) is 5.41 Å². The van der Waals surface area contributed by atoms with Crippen LogP contribution in [0.1, 0.15) is 39.5 Å². The predicted molar refractivity (Wildman–Crippen MR) is 66.6 cm³/mol. The molecule has 1 saturated carbocycles. The van der Waals surface area contributed by atoms with E-state index in [0.29, 0.717) is 11.5 Å². The van der Waals surface area contributed by atoms with Crippen molar-refractivity contribution in [1.29, 1.82) is 0 Å². The maximum Gasteiger partial charge on any atom is 0.0703 e. The Hall–Kier alpha value is 0.400. The minimum atomic E-state index is 0.310. The molecule has 0 N–H and O–H groups in total. The zero-order valence-corrected chi connectivity index (χ0v) is 11.5. The normalized spacial score (nSPS) is 20.0. The fraction of sp³-hybridized carbons (Fsp3) is 1.00. The van der Waals surface area contributed by atoms with Crippen LogP contribution in [0.5, 0.6) is 0 Å². The van der Waals surface area contributed by atoms with E-state index >= 15 is 0 Å². The van der Waals surface area contributed by atoms with Crippen molar-refractivity contribution in [2.75, 3.05) is 25.2 Å². The average Bonchev–Trinajstić information content (AvgIpc) is 2.66. The van der Waals surface area contributed by atoms with Crippen molar-refractivity contribution in [1.82, 2.24) is 0 Å². The molecule has 0 aromatic rings. The van der Waals surface area contributed by atoms with Gasteiger partial charge in [0.2, 0.25) is 0 Å². The summed E-state index contributed by atoms with van der Waals surface area (Å²) in [5.41, 5.74) is 0.415. The van der Waals surface area contributed by atoms with Crippen molar-refractivity contribution in [2.45, 2.75) is 45.6 Å². The van der Waals surface area contributed by atoms with Crippen LogP contribution in [0.4, 0.5) is 0 Å². The molecule has 0 heterocycles. The van der Waals surface area contributed by atoms with Gasteiger partial charge in [-0.3, -0.25) is 0 Å². The van der Waals surface area contributed by atoms with Crippen molar-refractivity contribution in [3.63, 3.8) is 0 Å². The lowest BCUT2D eigenvalue weighted by Gasteiger charge is -2.26. The van der Waals surface area contributed by atoms with Crippen LogP contribution in [0.2, 0.25) is 0 Å². The van der Waals surface area contributed by atoms with Gasteiger partial charge >= 0.3 is 0 Å². The molecule has 0 spiro atoms. The monoisotopic (exact) mass is 278 g/mol. The molecule has 0 aromatic heterocycles. The molecule has 0 atom stereocenters. The second-order valence-electron chi connectivity index (χ2n) is 4.81. The number of alkyl halides is 1. The van der Waals surface area contributed by atoms with Crippen LogP contribution in [0.3, 0.4) is 0 Å². The van der Waals surface area contributed by atoms with Crippen LogP contribution >= 0.6 is 15.9 Å². The third-order valence-electron chi connectivity index (χ3n) is 3.03. The zero-order chi connectivity index (χ0) is 11.1. The predicted octanol–water partition coefficient (Wildman–Crippen LogP) is 3.38. The Balaban J connectivity index is 2.07. The fourth-order valence-corrected chi connectivity index (χ4v) is 2.80. The first kappa shape index (κ1) is 13.5. The van der Waals surface area contributed by atoms with E-state index in [4.69, 9.17) is 9.47 Å². The van der Waals surface area contributed by atoms with Crippen LogP contribution in [0.25, 0.3) is 0 Å². The number of hydrogen-bond donors (Lipinski definition) is 0. The molecule has 1 aliphatic carbocycles. The first-order valence-corrected chi connectivity index (χ1v) is 7.06. The van der Waals surface area contributed by atoms with E-state index in [9.17, 15) is 0 Å². The van der Waals surface area contributed by atoms with Gasteiger partial charge in [0.05, 0.1) is 25.9 Å². The van der Waals surface area contributed by atoms with Crippen molar-refractivity contribution in [3.05, 3.63) is 0 Å². The Morgan fingerprint density at radius 2 is 1.87 bits per heavy atom. The van der Waals surface area contributed by atoms with Crippen LogP contribution in [-0.4, -0.2) is 31.3 Å². The van der Waals surface area contributed by atoms with E-state index in [-0.39, 0.29) is 0 Å². The first-order valence-electron chi connectivity index (χ1n) is 5.94. The molecule has 0 bridgehead atoms. The second kappa shape index (κ2) is 6.87. The van der Waals surface area contributed by atoms with Gasteiger partial charge < -0.3 is 9.47 Å². The molecular weight excluding hydrogens is 256 g/mol. The highest BCUT2D eigenvalue weighted by Crippen LogP contribution is 2.39. The molecule has 90 valence electrons. The van der Waals surface area contributed by atoms with Gasteiger partial charge in [0.25, 0.3) is 0 Å². The number of halogens is 1. The largest absolute Gasteiger partial charge is 0.378 e. The molecule has 0 radical (unpaired) electrons. The van der Waals surface area contributed by atoms with Gasteiger partial charge in [-0.05, 0) is 26.7 Å². The standard InChI is InChI=1S/C12H23BrO2/c1-11(2)15-8-7-14-10-12(9-13)5-3-4-6-12/h11H,3-10H2,1-2H3. The summed E-state index contributed by atoms with van der Waals surface area (Å²) in [6.45, 7) is 6.44. The first-order chi connectivity index (χ1) is 7.18. The summed E-state index contributed by atoms with van der Waals surface area (Å²) in [4.78, 5) is 0. The molecule has 0 aromatic carbocycles. The van der Waals surface area contributed by atoms with Crippen LogP contribution < -0.4 is 0 Å². The minimum Gasteiger partial charge on any atom is -0.378 e. The lowest BCUT2D eigenvalue weighted by Crippen LogP contribution is -2.26. The van der Waals surface area contributed by atoms with Gasteiger partial charge in [0, 0.05) is 10.7 Å². The van der Waals surface area contributed by atoms with Gasteiger partial charge in [-0.1, -0.05) is 28.8 Å². The molecule has 1 aliphatic rings. The van der Waals surface area contributed by atoms with Gasteiger partial charge in [-0.2, -0.15) is 0 Å². The maximum absolute atomic E-state index is 5.71. The highest BCUT2D eigenvalue weighted by molar-refractivity contribution is 9.09. The molecule has 0 saturated heterocycles. The van der Waals surface area contributed by atoms with Crippen molar-refractivity contribution >= 4 is 15.9 Å². The summed E-state index contributed by atoms with van der Waals surface area (Å²) in [5, 5.41) is 1.07. The summed E-state index contributed by atoms with van der Waals surface area (Å²) < 4.78 is 11.1. The summed E-state index contributed by atoms with van der Waals surface area (Å²) in [7, 11) is 0. The van der Waals surface area contributed by atoms with Crippen molar-refractivity contribution in [3.8, 4) is 0 Å². The highest BCUT2D eigenvalue weighted by atomic mass is 79.9. The lowest BCUT2D eigenvalue weighted by atomic mass is 9.90. The molecule has 0 amide bonds. The third kappa shape index (κ3) is 4.83. The number of hydrogen-bond acceptors (Lipinski definition) is 2. The van der Waals surface area contributed by atoms with Crippen LogP contribution in [0.15, 0.2) is 0 Å². The highest BCUT2D eigenvalue weighted by Gasteiger charge is 2.32. The molecule has 3 heteroatoms. The summed E-state index contributed by atoms with van der Waals surface area (Å²) in [6.07, 6.45) is 5.65. The minimum absolute atomic E-state index is 0.310. The number of rotatable bonds is 7. The quantitative estimate of drug-likeness (QED) is 0.525. The van der Waals surface area contributed by atoms with Gasteiger partial charge in [-0.15, -0.1) is 0 Å². The molecule has 0 aliphatic heterocycles. The summed E-state index contributed by atoms with van der Waals surface area (Å²) in [6, 6.07) is 0. The Kier molecular flexibility index (Phi) is 6.17. The van der Waals surface area contributed by atoms with E-state index < -0.39 is 0 Å². The van der Waals surface area contributed by atoms with Crippen molar-refractivity contribution < 1.29 is 9.47 Å². The molecule has 1 fully saturated rings. The Morgan fingerprint density at radius 1 is 1.20 bits per heavy atom. The van der Waals surface area contributed by atoms with Crippen LogP contribution in [0, 0.1) is 5.41 Å². The van der Waals surface area contributed by atoms with E-state index in [1.807, 2.05) is 0 Å². The zero-order valence-electron chi connectivity index (χ0n) is 9.93. The molecule has 15 heavy (non-hydrogen) atoms. The second-order valence-corrected chi connectivity index (χ2v) is 5.37. The molecule has 2 nitrogen and oxygen atoms in total. The van der Waals surface area contributed by atoms with Crippen LogP contribution in [-0.2, 0) is 9.47 Å². The van der Waals surface area contributed by atoms with Gasteiger partial charge in [-0.25, -0.2) is 0 Å². The summed E-state index contributed by atoms with van der Waals surface area (Å²) in [5.74, 6) is 0. The van der Waals surface area contributed by atoms with E-state index in [0.717, 1.165) is 25.2 Å². The Morgan fingerprint density at radius 3 is 2.40 bits per heavy atom. The van der Waals surface area contributed by atoms with Gasteiger partial charge in [0.15, 0.2) is 0 Å². The third-order valence-corrected chi connectivity index (χ3v) is 4.22.